The van der Waals surface area contributed by atoms with Crippen molar-refractivity contribution in [2.24, 2.45) is 7.05 Å². The molecule has 3 nitrogen and oxygen atoms in total. The van der Waals surface area contributed by atoms with Crippen LogP contribution in [0.4, 0.5) is 0 Å². The first-order valence-electron chi connectivity index (χ1n) is 14.1. The standard InChI is InChI=1S/C38H29N3/c1-41-32-23-13-8-18-27(32)24-33(41)36(34-28-19-9-11-21-30(28)39-37(34)25-14-4-2-5-15-25)35-29-20-10-12-22-31(29)40-38(35)26-16-6-3-7-17-26/h2-24,36,39-40H,1H3. The summed E-state index contributed by atoms with van der Waals surface area (Å²) < 4.78 is 2.38. The van der Waals surface area contributed by atoms with Crippen molar-refractivity contribution < 1.29 is 0 Å². The third-order valence-electron chi connectivity index (χ3n) is 8.48. The molecule has 3 heteroatoms. The van der Waals surface area contributed by atoms with Gasteiger partial charge in [0, 0.05) is 40.1 Å². The Bertz CT molecular complexity index is 2040. The van der Waals surface area contributed by atoms with Crippen LogP contribution in [-0.4, -0.2) is 14.5 Å². The number of aromatic amines is 2. The van der Waals surface area contributed by atoms with Crippen LogP contribution in [0.3, 0.4) is 0 Å². The molecule has 3 heterocycles. The molecule has 0 saturated heterocycles. The van der Waals surface area contributed by atoms with Crippen molar-refractivity contribution in [2.75, 3.05) is 0 Å². The minimum Gasteiger partial charge on any atom is -0.354 e. The molecular formula is C38H29N3. The molecule has 0 saturated carbocycles. The normalized spacial score (nSPS) is 11.8. The van der Waals surface area contributed by atoms with E-state index in [0.29, 0.717) is 0 Å². The molecule has 196 valence electrons. The van der Waals surface area contributed by atoms with Gasteiger partial charge in [-0.1, -0.05) is 115 Å². The Kier molecular flexibility index (Phi) is 5.42. The van der Waals surface area contributed by atoms with Crippen LogP contribution in [0.1, 0.15) is 22.7 Å². The van der Waals surface area contributed by atoms with Crippen molar-refractivity contribution in [2.45, 2.75) is 5.92 Å². The second-order valence-corrected chi connectivity index (χ2v) is 10.8. The monoisotopic (exact) mass is 527 g/mol. The van der Waals surface area contributed by atoms with Crippen molar-refractivity contribution >= 4 is 32.7 Å². The van der Waals surface area contributed by atoms with Crippen molar-refractivity contribution in [3.8, 4) is 22.5 Å². The second kappa shape index (κ2) is 9.42. The van der Waals surface area contributed by atoms with Gasteiger partial charge in [0.1, 0.15) is 0 Å². The zero-order valence-electron chi connectivity index (χ0n) is 22.8. The van der Waals surface area contributed by atoms with Gasteiger partial charge in [0.25, 0.3) is 0 Å². The lowest BCUT2D eigenvalue weighted by molar-refractivity contribution is 0.824. The number of H-pyrrole nitrogens is 2. The van der Waals surface area contributed by atoms with Gasteiger partial charge in [-0.05, 0) is 51.9 Å². The van der Waals surface area contributed by atoms with E-state index in [-0.39, 0.29) is 5.92 Å². The molecule has 0 atom stereocenters. The number of rotatable bonds is 5. The molecule has 0 amide bonds. The highest BCUT2D eigenvalue weighted by Crippen LogP contribution is 2.48. The van der Waals surface area contributed by atoms with Gasteiger partial charge in [-0.3, -0.25) is 0 Å². The van der Waals surface area contributed by atoms with Gasteiger partial charge < -0.3 is 14.5 Å². The fraction of sp³-hybridized carbons (Fsp3) is 0.0526. The van der Waals surface area contributed by atoms with Crippen molar-refractivity contribution in [1.29, 1.82) is 0 Å². The van der Waals surface area contributed by atoms with Crippen LogP contribution in [0.5, 0.6) is 0 Å². The number of aromatic nitrogens is 3. The maximum atomic E-state index is 3.83. The predicted molar refractivity (Wildman–Crippen MR) is 171 cm³/mol. The number of hydrogen-bond acceptors (Lipinski definition) is 0. The van der Waals surface area contributed by atoms with E-state index in [1.165, 1.54) is 49.6 Å². The lowest BCUT2D eigenvalue weighted by atomic mass is 9.82. The highest BCUT2D eigenvalue weighted by molar-refractivity contribution is 5.98. The summed E-state index contributed by atoms with van der Waals surface area (Å²) in [6.07, 6.45) is 0. The van der Waals surface area contributed by atoms with Gasteiger partial charge in [0.15, 0.2) is 0 Å². The number of benzene rings is 5. The molecule has 3 aromatic heterocycles. The van der Waals surface area contributed by atoms with Crippen molar-refractivity contribution in [1.82, 2.24) is 14.5 Å². The second-order valence-electron chi connectivity index (χ2n) is 10.8. The van der Waals surface area contributed by atoms with Crippen molar-refractivity contribution in [3.05, 3.63) is 156 Å². The Hall–Kier alpha value is -5.28. The maximum Gasteiger partial charge on any atom is 0.0548 e. The molecule has 0 aliphatic carbocycles. The fourth-order valence-electron chi connectivity index (χ4n) is 6.62. The molecule has 8 aromatic rings. The molecule has 0 fully saturated rings. The Morgan fingerprint density at radius 1 is 0.512 bits per heavy atom. The lowest BCUT2D eigenvalue weighted by Crippen LogP contribution is -2.10. The zero-order valence-corrected chi connectivity index (χ0v) is 22.8. The van der Waals surface area contributed by atoms with Crippen LogP contribution in [0, 0.1) is 0 Å². The fourth-order valence-corrected chi connectivity index (χ4v) is 6.62. The summed E-state index contributed by atoms with van der Waals surface area (Å²) >= 11 is 0. The van der Waals surface area contributed by atoms with E-state index >= 15 is 0 Å². The first-order chi connectivity index (χ1) is 20.3. The van der Waals surface area contributed by atoms with Crippen LogP contribution < -0.4 is 0 Å². The number of nitrogens with zero attached hydrogens (tertiary/aromatic N) is 1. The summed E-state index contributed by atoms with van der Waals surface area (Å²) in [5.41, 5.74) is 12.0. The van der Waals surface area contributed by atoms with Crippen LogP contribution in [0.2, 0.25) is 0 Å². The van der Waals surface area contributed by atoms with Gasteiger partial charge in [-0.2, -0.15) is 0 Å². The number of hydrogen-bond donors (Lipinski definition) is 2. The van der Waals surface area contributed by atoms with E-state index < -0.39 is 0 Å². The number of aryl methyl sites for hydroxylation is 1. The number of nitrogens with one attached hydrogen (secondary N) is 2. The quantitative estimate of drug-likeness (QED) is 0.224. The number of fused-ring (bicyclic) bond motifs is 3. The zero-order chi connectivity index (χ0) is 27.3. The first kappa shape index (κ1) is 23.6. The molecule has 0 aliphatic heterocycles. The van der Waals surface area contributed by atoms with E-state index in [2.05, 4.69) is 161 Å². The Labute approximate surface area is 238 Å². The minimum atomic E-state index is -0.0508. The topological polar surface area (TPSA) is 36.5 Å². The summed E-state index contributed by atoms with van der Waals surface area (Å²) in [5, 5.41) is 3.73. The van der Waals surface area contributed by atoms with Crippen molar-refractivity contribution in [3.63, 3.8) is 0 Å². The highest BCUT2D eigenvalue weighted by atomic mass is 15.0. The number of para-hydroxylation sites is 3. The summed E-state index contributed by atoms with van der Waals surface area (Å²) in [6, 6.07) is 50.0. The summed E-state index contributed by atoms with van der Waals surface area (Å²) in [4.78, 5) is 7.67. The molecule has 41 heavy (non-hydrogen) atoms. The van der Waals surface area contributed by atoms with E-state index in [1.807, 2.05) is 0 Å². The van der Waals surface area contributed by atoms with Crippen LogP contribution in [-0.2, 0) is 7.05 Å². The first-order valence-corrected chi connectivity index (χ1v) is 14.1. The van der Waals surface area contributed by atoms with E-state index in [1.54, 1.807) is 0 Å². The van der Waals surface area contributed by atoms with Gasteiger partial charge in [-0.25, -0.2) is 0 Å². The summed E-state index contributed by atoms with van der Waals surface area (Å²) in [5.74, 6) is -0.0508. The third kappa shape index (κ3) is 3.74. The third-order valence-corrected chi connectivity index (χ3v) is 8.48. The average Bonchev–Trinajstić information content (AvgIpc) is 3.71. The Morgan fingerprint density at radius 2 is 0.976 bits per heavy atom. The van der Waals surface area contributed by atoms with E-state index in [0.717, 1.165) is 22.4 Å². The molecule has 2 N–H and O–H groups in total. The van der Waals surface area contributed by atoms with E-state index in [9.17, 15) is 0 Å². The molecule has 0 aliphatic rings. The molecule has 0 radical (unpaired) electrons. The van der Waals surface area contributed by atoms with E-state index in [4.69, 9.17) is 0 Å². The van der Waals surface area contributed by atoms with Crippen LogP contribution >= 0.6 is 0 Å². The molecule has 0 unspecified atom stereocenters. The van der Waals surface area contributed by atoms with Gasteiger partial charge in [0.2, 0.25) is 0 Å². The summed E-state index contributed by atoms with van der Waals surface area (Å²) in [6.45, 7) is 0. The average molecular weight is 528 g/mol. The molecular weight excluding hydrogens is 498 g/mol. The highest BCUT2D eigenvalue weighted by Gasteiger charge is 2.32. The largest absolute Gasteiger partial charge is 0.354 e. The molecule has 0 bridgehead atoms. The van der Waals surface area contributed by atoms with Gasteiger partial charge in [-0.15, -0.1) is 0 Å². The lowest BCUT2D eigenvalue weighted by Gasteiger charge is -2.22. The summed E-state index contributed by atoms with van der Waals surface area (Å²) in [7, 11) is 2.21. The van der Waals surface area contributed by atoms with Crippen LogP contribution in [0.15, 0.2) is 140 Å². The molecule has 5 aromatic carbocycles. The molecule has 8 rings (SSSR count). The maximum absolute atomic E-state index is 3.83. The SMILES string of the molecule is Cn1c(C(c2c(-c3ccccc3)[nH]c3ccccc23)c2c(-c3ccccc3)[nH]c3ccccc23)cc2ccccc21. The molecule has 0 spiro atoms. The smallest absolute Gasteiger partial charge is 0.0548 e. The van der Waals surface area contributed by atoms with Crippen LogP contribution in [0.25, 0.3) is 55.2 Å². The Balaban J connectivity index is 1.55. The predicted octanol–water partition coefficient (Wildman–Crippen LogP) is 9.66. The van der Waals surface area contributed by atoms with Gasteiger partial charge >= 0.3 is 0 Å². The minimum absolute atomic E-state index is 0.0508. The van der Waals surface area contributed by atoms with Gasteiger partial charge in [0.05, 0.1) is 17.3 Å². The Morgan fingerprint density at radius 3 is 1.51 bits per heavy atom.